The van der Waals surface area contributed by atoms with Crippen molar-refractivity contribution in [1.29, 1.82) is 0 Å². The predicted molar refractivity (Wildman–Crippen MR) is 95.6 cm³/mol. The Hall–Kier alpha value is -1.59. The van der Waals surface area contributed by atoms with Crippen LogP contribution < -0.4 is 0 Å². The van der Waals surface area contributed by atoms with Crippen molar-refractivity contribution in [1.82, 2.24) is 14.7 Å². The van der Waals surface area contributed by atoms with Gasteiger partial charge in [-0.2, -0.15) is 0 Å². The maximum atomic E-state index is 12.3. The van der Waals surface area contributed by atoms with Crippen molar-refractivity contribution >= 4 is 12.0 Å². The molecule has 2 atom stereocenters. The summed E-state index contributed by atoms with van der Waals surface area (Å²) < 4.78 is 5.33. The van der Waals surface area contributed by atoms with Crippen molar-refractivity contribution in [2.24, 2.45) is 5.92 Å². The Balaban J connectivity index is 1.53. The molecule has 1 aromatic rings. The number of likely N-dealkylation sites (tertiary alicyclic amines) is 2. The van der Waals surface area contributed by atoms with Crippen LogP contribution in [0.2, 0.25) is 0 Å². The van der Waals surface area contributed by atoms with E-state index in [1.165, 1.54) is 0 Å². The van der Waals surface area contributed by atoms with Gasteiger partial charge in [0.25, 0.3) is 0 Å². The molecule has 3 heterocycles. The van der Waals surface area contributed by atoms with Gasteiger partial charge in [-0.1, -0.05) is 6.08 Å². The monoisotopic (exact) mass is 331 g/mol. The molecule has 0 radical (unpaired) electrons. The molecule has 132 valence electrons. The molecule has 0 bridgehead atoms. The fraction of sp³-hybridized carbons (Fsp3) is 0.632. The molecule has 0 saturated carbocycles. The topological polar surface area (TPSA) is 39.9 Å². The maximum absolute atomic E-state index is 12.3. The summed E-state index contributed by atoms with van der Waals surface area (Å²) in [6.45, 7) is 4.93. The molecule has 5 heteroatoms. The number of carbonyl (C=O) groups is 1. The van der Waals surface area contributed by atoms with Gasteiger partial charge in [0.05, 0.1) is 6.26 Å². The van der Waals surface area contributed by atoms with Crippen LogP contribution in [-0.4, -0.2) is 73.5 Å². The van der Waals surface area contributed by atoms with Crippen LogP contribution in [0.1, 0.15) is 25.0 Å². The van der Waals surface area contributed by atoms with Crippen LogP contribution >= 0.6 is 0 Å². The first-order valence-corrected chi connectivity index (χ1v) is 9.00. The lowest BCUT2D eigenvalue weighted by atomic mass is 9.83. The van der Waals surface area contributed by atoms with E-state index in [1.807, 2.05) is 18.2 Å². The summed E-state index contributed by atoms with van der Waals surface area (Å²) in [6, 6.07) is 4.32. The van der Waals surface area contributed by atoms with Crippen LogP contribution in [0.5, 0.6) is 0 Å². The molecule has 2 saturated heterocycles. The summed E-state index contributed by atoms with van der Waals surface area (Å²) in [5, 5.41) is 0. The smallest absolute Gasteiger partial charge is 0.222 e. The molecule has 1 amide bonds. The van der Waals surface area contributed by atoms with Gasteiger partial charge in [-0.25, -0.2) is 0 Å². The Morgan fingerprint density at radius 1 is 1.38 bits per heavy atom. The molecule has 3 rings (SSSR count). The first kappa shape index (κ1) is 17.2. The zero-order chi connectivity index (χ0) is 16.9. The number of amides is 1. The second-order valence-electron chi connectivity index (χ2n) is 7.22. The lowest BCUT2D eigenvalue weighted by Crippen LogP contribution is -2.57. The number of carbonyl (C=O) groups excluding carboxylic acids is 1. The normalized spacial score (nSPS) is 25.6. The molecule has 2 fully saturated rings. The summed E-state index contributed by atoms with van der Waals surface area (Å²) in [6.07, 6.45) is 8.77. The van der Waals surface area contributed by atoms with Gasteiger partial charge < -0.3 is 14.2 Å². The second kappa shape index (κ2) is 7.99. The third-order valence-electron chi connectivity index (χ3n) is 5.20. The zero-order valence-corrected chi connectivity index (χ0v) is 14.9. The summed E-state index contributed by atoms with van der Waals surface area (Å²) in [4.78, 5) is 19.1. The molecule has 24 heavy (non-hydrogen) atoms. The summed E-state index contributed by atoms with van der Waals surface area (Å²) in [5.74, 6) is 1.88. The van der Waals surface area contributed by atoms with E-state index in [2.05, 4.69) is 34.9 Å². The van der Waals surface area contributed by atoms with Crippen molar-refractivity contribution in [2.45, 2.75) is 25.3 Å². The van der Waals surface area contributed by atoms with E-state index >= 15 is 0 Å². The Morgan fingerprint density at radius 3 is 3.00 bits per heavy atom. The van der Waals surface area contributed by atoms with Gasteiger partial charge in [-0.05, 0) is 51.1 Å². The number of rotatable bonds is 6. The number of fused-ring (bicyclic) bond motifs is 1. The van der Waals surface area contributed by atoms with E-state index in [1.54, 1.807) is 6.26 Å². The molecule has 1 aromatic heterocycles. The average Bonchev–Trinajstić information content (AvgIpc) is 3.07. The highest BCUT2D eigenvalue weighted by Crippen LogP contribution is 2.31. The quantitative estimate of drug-likeness (QED) is 0.801. The maximum Gasteiger partial charge on any atom is 0.222 e. The predicted octanol–water partition coefficient (Wildman–Crippen LogP) is 2.17. The highest BCUT2D eigenvalue weighted by molar-refractivity contribution is 5.77. The summed E-state index contributed by atoms with van der Waals surface area (Å²) in [5.41, 5.74) is 0. The molecule has 0 unspecified atom stereocenters. The van der Waals surface area contributed by atoms with E-state index in [0.29, 0.717) is 24.3 Å². The Bertz CT molecular complexity index is 553. The fourth-order valence-corrected chi connectivity index (χ4v) is 3.89. The SMILES string of the molecule is CN(C)CCN1C(=O)CC[C@@H]2CN(CC=Cc3ccco3)CC[C@@H]21. The number of nitrogens with zero attached hydrogens (tertiary/aromatic N) is 3. The highest BCUT2D eigenvalue weighted by Gasteiger charge is 2.38. The van der Waals surface area contributed by atoms with Gasteiger partial charge in [-0.15, -0.1) is 0 Å². The molecule has 0 aliphatic carbocycles. The third kappa shape index (κ3) is 4.28. The second-order valence-corrected chi connectivity index (χ2v) is 7.22. The average molecular weight is 331 g/mol. The molecule has 0 spiro atoms. The van der Waals surface area contributed by atoms with Crippen LogP contribution in [0.25, 0.3) is 6.08 Å². The molecule has 5 nitrogen and oxygen atoms in total. The first-order valence-electron chi connectivity index (χ1n) is 9.00. The number of hydrogen-bond donors (Lipinski definition) is 0. The van der Waals surface area contributed by atoms with Crippen LogP contribution in [-0.2, 0) is 4.79 Å². The van der Waals surface area contributed by atoms with Crippen molar-refractivity contribution in [3.05, 3.63) is 30.2 Å². The minimum Gasteiger partial charge on any atom is -0.465 e. The van der Waals surface area contributed by atoms with Crippen LogP contribution in [0.4, 0.5) is 0 Å². The number of piperidine rings is 2. The molecule has 2 aliphatic rings. The van der Waals surface area contributed by atoms with Crippen molar-refractivity contribution in [3.8, 4) is 0 Å². The van der Waals surface area contributed by atoms with Crippen molar-refractivity contribution in [3.63, 3.8) is 0 Å². The van der Waals surface area contributed by atoms with Gasteiger partial charge in [0.2, 0.25) is 5.91 Å². The van der Waals surface area contributed by atoms with Crippen LogP contribution in [0, 0.1) is 5.92 Å². The van der Waals surface area contributed by atoms with Gasteiger partial charge in [0.1, 0.15) is 5.76 Å². The minimum atomic E-state index is 0.351. The minimum absolute atomic E-state index is 0.351. The summed E-state index contributed by atoms with van der Waals surface area (Å²) in [7, 11) is 4.14. The van der Waals surface area contributed by atoms with Crippen LogP contribution in [0.3, 0.4) is 0 Å². The Kier molecular flexibility index (Phi) is 5.74. The molecular weight excluding hydrogens is 302 g/mol. The first-order chi connectivity index (χ1) is 11.6. The van der Waals surface area contributed by atoms with E-state index in [9.17, 15) is 4.79 Å². The number of likely N-dealkylation sites (N-methyl/N-ethyl adjacent to an activating group) is 1. The van der Waals surface area contributed by atoms with E-state index in [0.717, 1.165) is 51.3 Å². The standard InChI is InChI=1S/C19H29N3O2/c1-20(2)12-13-22-18-9-11-21(15-16(18)7-8-19(22)23)10-3-5-17-6-4-14-24-17/h3-6,14,16,18H,7-13,15H2,1-2H3/t16-,18+/m1/s1. The van der Waals surface area contributed by atoms with Gasteiger partial charge >= 0.3 is 0 Å². The van der Waals surface area contributed by atoms with Gasteiger partial charge in [0.15, 0.2) is 0 Å². The van der Waals surface area contributed by atoms with E-state index in [4.69, 9.17) is 4.42 Å². The number of furan rings is 1. The Labute approximate surface area is 144 Å². The lowest BCUT2D eigenvalue weighted by molar-refractivity contribution is -0.141. The molecule has 0 N–H and O–H groups in total. The highest BCUT2D eigenvalue weighted by atomic mass is 16.3. The largest absolute Gasteiger partial charge is 0.465 e. The van der Waals surface area contributed by atoms with Crippen molar-refractivity contribution in [2.75, 3.05) is 46.8 Å². The van der Waals surface area contributed by atoms with E-state index in [-0.39, 0.29) is 0 Å². The van der Waals surface area contributed by atoms with Gasteiger partial charge in [-0.3, -0.25) is 9.69 Å². The molecule has 0 aromatic carbocycles. The van der Waals surface area contributed by atoms with Crippen molar-refractivity contribution < 1.29 is 9.21 Å². The fourth-order valence-electron chi connectivity index (χ4n) is 3.89. The Morgan fingerprint density at radius 2 is 2.25 bits per heavy atom. The van der Waals surface area contributed by atoms with Gasteiger partial charge in [0, 0.05) is 45.2 Å². The van der Waals surface area contributed by atoms with E-state index < -0.39 is 0 Å². The van der Waals surface area contributed by atoms with Crippen LogP contribution in [0.15, 0.2) is 28.9 Å². The molecule has 2 aliphatic heterocycles. The third-order valence-corrected chi connectivity index (χ3v) is 5.20. The molecular formula is C19H29N3O2. The summed E-state index contributed by atoms with van der Waals surface area (Å²) >= 11 is 0. The lowest BCUT2D eigenvalue weighted by Gasteiger charge is -2.47. The zero-order valence-electron chi connectivity index (χ0n) is 14.9. The number of hydrogen-bond acceptors (Lipinski definition) is 4.